The number of hydrogen-bond acceptors (Lipinski definition) is 4. The predicted octanol–water partition coefficient (Wildman–Crippen LogP) is 4.13. The van der Waals surface area contributed by atoms with Crippen LogP contribution in [0.1, 0.15) is 16.7 Å². The molecule has 6 nitrogen and oxygen atoms in total. The molecule has 1 aliphatic heterocycles. The number of amides is 1. The highest BCUT2D eigenvalue weighted by Crippen LogP contribution is 2.28. The third kappa shape index (κ3) is 3.44. The van der Waals surface area contributed by atoms with Gasteiger partial charge in [0.15, 0.2) is 5.11 Å². The molecule has 0 bridgehead atoms. The molecule has 1 heterocycles. The van der Waals surface area contributed by atoms with Gasteiger partial charge in [-0.25, -0.2) is 0 Å². The fourth-order valence-electron chi connectivity index (χ4n) is 2.78. The minimum Gasteiger partial charge on any atom is -0.327 e. The number of nitro groups is 1. The second kappa shape index (κ2) is 6.86. The zero-order valence-electron chi connectivity index (χ0n) is 13.9. The maximum absolute atomic E-state index is 12.8. The predicted molar refractivity (Wildman–Crippen MR) is 105 cm³/mol. The van der Waals surface area contributed by atoms with Crippen molar-refractivity contribution in [2.45, 2.75) is 13.8 Å². The highest BCUT2D eigenvalue weighted by Gasteiger charge is 2.32. The molecule has 26 heavy (non-hydrogen) atoms. The van der Waals surface area contributed by atoms with Crippen LogP contribution in [-0.4, -0.2) is 15.9 Å². The van der Waals surface area contributed by atoms with Gasteiger partial charge in [-0.2, -0.15) is 0 Å². The monoisotopic (exact) mass is 387 g/mol. The quantitative estimate of drug-likeness (QED) is 0.371. The number of nitrogens with zero attached hydrogens (tertiary/aromatic N) is 2. The number of carbonyl (C=O) groups is 1. The highest BCUT2D eigenvalue weighted by molar-refractivity contribution is 7.80. The first-order valence-corrected chi connectivity index (χ1v) is 8.44. The number of halogens is 1. The van der Waals surface area contributed by atoms with Crippen molar-refractivity contribution < 1.29 is 9.72 Å². The highest BCUT2D eigenvalue weighted by atomic mass is 35.5. The Balaban J connectivity index is 1.97. The van der Waals surface area contributed by atoms with Crippen molar-refractivity contribution in [1.82, 2.24) is 5.32 Å². The summed E-state index contributed by atoms with van der Waals surface area (Å²) in [5.41, 5.74) is 3.20. The minimum atomic E-state index is -0.569. The Morgan fingerprint density at radius 3 is 2.46 bits per heavy atom. The van der Waals surface area contributed by atoms with Crippen LogP contribution in [0.15, 0.2) is 42.1 Å². The third-order valence-corrected chi connectivity index (χ3v) is 4.42. The van der Waals surface area contributed by atoms with Crippen LogP contribution in [0.4, 0.5) is 11.4 Å². The number of carbonyl (C=O) groups excluding carboxylic acids is 1. The lowest BCUT2D eigenvalue weighted by molar-refractivity contribution is -0.384. The molecule has 1 fully saturated rings. The Morgan fingerprint density at radius 1 is 1.19 bits per heavy atom. The van der Waals surface area contributed by atoms with Crippen molar-refractivity contribution in [1.29, 1.82) is 0 Å². The van der Waals surface area contributed by atoms with E-state index in [1.165, 1.54) is 23.1 Å². The fraction of sp³-hybridized carbons (Fsp3) is 0.111. The van der Waals surface area contributed by atoms with Gasteiger partial charge >= 0.3 is 0 Å². The van der Waals surface area contributed by atoms with Crippen molar-refractivity contribution >= 4 is 52.3 Å². The van der Waals surface area contributed by atoms with Gasteiger partial charge in [-0.3, -0.25) is 19.8 Å². The average Bonchev–Trinajstić information content (AvgIpc) is 2.82. The number of hydrogen-bond donors (Lipinski definition) is 1. The zero-order chi connectivity index (χ0) is 19.0. The van der Waals surface area contributed by atoms with Crippen molar-refractivity contribution in [3.05, 3.63) is 73.9 Å². The molecular weight excluding hydrogens is 374 g/mol. The van der Waals surface area contributed by atoms with Crippen LogP contribution in [0.5, 0.6) is 0 Å². The van der Waals surface area contributed by atoms with Crippen LogP contribution < -0.4 is 10.2 Å². The molecule has 1 N–H and O–H groups in total. The Kier molecular flexibility index (Phi) is 4.76. The van der Waals surface area contributed by atoms with Crippen molar-refractivity contribution in [3.63, 3.8) is 0 Å². The first kappa shape index (κ1) is 18.0. The number of anilines is 1. The molecule has 0 spiro atoms. The molecule has 1 aliphatic rings. The maximum Gasteiger partial charge on any atom is 0.288 e. The van der Waals surface area contributed by atoms with Gasteiger partial charge in [-0.1, -0.05) is 23.7 Å². The van der Waals surface area contributed by atoms with Crippen LogP contribution in [0.2, 0.25) is 5.02 Å². The molecule has 0 atom stereocenters. The van der Waals surface area contributed by atoms with Crippen LogP contribution in [-0.2, 0) is 4.79 Å². The maximum atomic E-state index is 12.8. The molecule has 0 unspecified atom stereocenters. The van der Waals surface area contributed by atoms with Crippen molar-refractivity contribution in [2.75, 3.05) is 4.90 Å². The second-order valence-electron chi connectivity index (χ2n) is 5.94. The average molecular weight is 388 g/mol. The molecule has 3 rings (SSSR count). The molecule has 0 aliphatic carbocycles. The van der Waals surface area contributed by atoms with E-state index >= 15 is 0 Å². The molecule has 132 valence electrons. The minimum absolute atomic E-state index is 0.0373. The number of thiocarbonyl (C=S) groups is 1. The lowest BCUT2D eigenvalue weighted by Gasteiger charge is -2.15. The Hall–Kier alpha value is -2.77. The molecule has 0 aromatic heterocycles. The van der Waals surface area contributed by atoms with Gasteiger partial charge in [0.05, 0.1) is 10.6 Å². The van der Waals surface area contributed by atoms with E-state index in [1.54, 1.807) is 6.07 Å². The summed E-state index contributed by atoms with van der Waals surface area (Å²) >= 11 is 11.1. The molecule has 8 heteroatoms. The number of benzene rings is 2. The lowest BCUT2D eigenvalue weighted by atomic mass is 10.1. The van der Waals surface area contributed by atoms with Crippen molar-refractivity contribution in [2.24, 2.45) is 0 Å². The van der Waals surface area contributed by atoms with E-state index in [2.05, 4.69) is 5.32 Å². The van der Waals surface area contributed by atoms with Crippen LogP contribution >= 0.6 is 23.8 Å². The van der Waals surface area contributed by atoms with Crippen LogP contribution in [0.25, 0.3) is 6.08 Å². The van der Waals surface area contributed by atoms with Gasteiger partial charge in [0.1, 0.15) is 10.7 Å². The summed E-state index contributed by atoms with van der Waals surface area (Å²) < 4.78 is 0. The van der Waals surface area contributed by atoms with Gasteiger partial charge < -0.3 is 5.32 Å². The second-order valence-corrected chi connectivity index (χ2v) is 6.74. The van der Waals surface area contributed by atoms with E-state index in [4.69, 9.17) is 23.8 Å². The van der Waals surface area contributed by atoms with Gasteiger partial charge in [0.25, 0.3) is 11.6 Å². The van der Waals surface area contributed by atoms with Crippen LogP contribution in [0.3, 0.4) is 0 Å². The summed E-state index contributed by atoms with van der Waals surface area (Å²) in [6, 6.07) is 10.1. The van der Waals surface area contributed by atoms with Gasteiger partial charge in [-0.05, 0) is 67.0 Å². The summed E-state index contributed by atoms with van der Waals surface area (Å²) in [5, 5.41) is 14.2. The molecular formula is C18H14ClN3O3S. The summed E-state index contributed by atoms with van der Waals surface area (Å²) in [7, 11) is 0. The summed E-state index contributed by atoms with van der Waals surface area (Å²) in [6.07, 6.45) is 1.51. The van der Waals surface area contributed by atoms with Gasteiger partial charge in [0, 0.05) is 6.07 Å². The molecule has 2 aromatic rings. The van der Waals surface area contributed by atoms with E-state index in [0.29, 0.717) is 11.3 Å². The molecule has 1 amide bonds. The Labute approximate surface area is 160 Å². The summed E-state index contributed by atoms with van der Waals surface area (Å²) in [5.74, 6) is -0.322. The first-order valence-electron chi connectivity index (χ1n) is 7.65. The van der Waals surface area contributed by atoms with Crippen LogP contribution in [0, 0.1) is 24.0 Å². The summed E-state index contributed by atoms with van der Waals surface area (Å²) in [4.78, 5) is 24.6. The molecule has 2 aromatic carbocycles. The van der Waals surface area contributed by atoms with E-state index in [1.807, 2.05) is 32.0 Å². The number of rotatable bonds is 3. The zero-order valence-corrected chi connectivity index (χ0v) is 15.5. The molecule has 1 saturated heterocycles. The molecule has 0 radical (unpaired) electrons. The summed E-state index contributed by atoms with van der Waals surface area (Å²) in [6.45, 7) is 3.88. The SMILES string of the molecule is Cc1cc(C)cc(N2C(=O)/C(=C\c3ccc(Cl)c([N+](=O)[O-])c3)NC2=S)c1. The van der Waals surface area contributed by atoms with Gasteiger partial charge in [-0.15, -0.1) is 0 Å². The number of aryl methyl sites for hydroxylation is 2. The first-order chi connectivity index (χ1) is 12.3. The topological polar surface area (TPSA) is 75.5 Å². The van der Waals surface area contributed by atoms with E-state index in [9.17, 15) is 14.9 Å². The van der Waals surface area contributed by atoms with E-state index in [-0.39, 0.29) is 27.4 Å². The number of nitrogens with one attached hydrogen (secondary N) is 1. The third-order valence-electron chi connectivity index (χ3n) is 3.82. The number of nitro benzene ring substituents is 1. The fourth-order valence-corrected chi connectivity index (χ4v) is 3.26. The van der Waals surface area contributed by atoms with Crippen molar-refractivity contribution in [3.8, 4) is 0 Å². The normalized spacial score (nSPS) is 15.5. The van der Waals surface area contributed by atoms with E-state index < -0.39 is 4.92 Å². The Morgan fingerprint density at radius 2 is 1.85 bits per heavy atom. The van der Waals surface area contributed by atoms with E-state index in [0.717, 1.165) is 11.1 Å². The Bertz CT molecular complexity index is 967. The smallest absolute Gasteiger partial charge is 0.288 e. The standard InChI is InChI=1S/C18H14ClN3O3S/c1-10-5-11(2)7-13(6-10)21-17(23)15(20-18(21)26)8-12-3-4-14(19)16(9-12)22(24)25/h3-9H,1-2H3,(H,20,26)/b15-8+. The van der Waals surface area contributed by atoms with Gasteiger partial charge in [0.2, 0.25) is 0 Å². The lowest BCUT2D eigenvalue weighted by Crippen LogP contribution is -2.30. The largest absolute Gasteiger partial charge is 0.327 e. The molecule has 0 saturated carbocycles.